The smallest absolute Gasteiger partial charge is 0.315 e. The van der Waals surface area contributed by atoms with Crippen LogP contribution in [-0.2, 0) is 10.2 Å². The Labute approximate surface area is 95.4 Å². The standard InChI is InChI=1S/C9H10N4O2S/c1-9(2,8(14)15)5-3-16-7(12-5)6-10-4-11-13-6/h3-4H,1-2H3,(H,14,15)(H,10,11,13). The number of aromatic amines is 1. The molecule has 0 radical (unpaired) electrons. The van der Waals surface area contributed by atoms with Crippen LogP contribution in [0.5, 0.6) is 0 Å². The van der Waals surface area contributed by atoms with E-state index in [1.165, 1.54) is 17.7 Å². The van der Waals surface area contributed by atoms with Gasteiger partial charge in [-0.1, -0.05) is 0 Å². The topological polar surface area (TPSA) is 91.8 Å². The Morgan fingerprint density at radius 2 is 2.31 bits per heavy atom. The lowest BCUT2D eigenvalue weighted by Crippen LogP contribution is -2.28. The molecule has 0 saturated heterocycles. The molecule has 7 heteroatoms. The summed E-state index contributed by atoms with van der Waals surface area (Å²) < 4.78 is 0. The zero-order chi connectivity index (χ0) is 11.8. The summed E-state index contributed by atoms with van der Waals surface area (Å²) in [5.41, 5.74) is -0.467. The van der Waals surface area contributed by atoms with Crippen LogP contribution in [0.25, 0.3) is 10.8 Å². The fourth-order valence-corrected chi connectivity index (χ4v) is 2.02. The average molecular weight is 238 g/mol. The normalized spacial score (nSPS) is 11.6. The monoisotopic (exact) mass is 238 g/mol. The number of hydrogen-bond donors (Lipinski definition) is 2. The molecule has 0 saturated carbocycles. The Bertz CT molecular complexity index is 503. The molecule has 0 aliphatic heterocycles. The first kappa shape index (κ1) is 10.7. The minimum absolute atomic E-state index is 0.524. The molecule has 0 atom stereocenters. The number of carboxylic acids is 1. The number of thiazole rings is 1. The van der Waals surface area contributed by atoms with E-state index in [-0.39, 0.29) is 0 Å². The zero-order valence-corrected chi connectivity index (χ0v) is 9.58. The highest BCUT2D eigenvalue weighted by Gasteiger charge is 2.32. The number of aliphatic carboxylic acids is 1. The van der Waals surface area contributed by atoms with Gasteiger partial charge in [0.15, 0.2) is 10.8 Å². The van der Waals surface area contributed by atoms with Crippen molar-refractivity contribution in [2.75, 3.05) is 0 Å². The number of carbonyl (C=O) groups is 1. The number of carboxylic acid groups (broad SMARTS) is 1. The second kappa shape index (κ2) is 3.67. The maximum atomic E-state index is 11.0. The van der Waals surface area contributed by atoms with Gasteiger partial charge in [0.05, 0.1) is 5.69 Å². The lowest BCUT2D eigenvalue weighted by molar-refractivity contribution is -0.142. The molecule has 0 aromatic carbocycles. The lowest BCUT2D eigenvalue weighted by atomic mass is 9.90. The summed E-state index contributed by atoms with van der Waals surface area (Å²) in [7, 11) is 0. The van der Waals surface area contributed by atoms with Gasteiger partial charge in [-0.05, 0) is 13.8 Å². The predicted octanol–water partition coefficient (Wildman–Crippen LogP) is 1.29. The van der Waals surface area contributed by atoms with Gasteiger partial charge in [0.25, 0.3) is 0 Å². The van der Waals surface area contributed by atoms with Gasteiger partial charge in [-0.25, -0.2) is 9.97 Å². The molecule has 0 bridgehead atoms. The van der Waals surface area contributed by atoms with E-state index in [0.717, 1.165) is 0 Å². The minimum atomic E-state index is -0.991. The van der Waals surface area contributed by atoms with E-state index in [1.54, 1.807) is 19.2 Å². The van der Waals surface area contributed by atoms with Crippen LogP contribution in [0.3, 0.4) is 0 Å². The Balaban J connectivity index is 2.37. The fraction of sp³-hybridized carbons (Fsp3) is 0.333. The van der Waals surface area contributed by atoms with Gasteiger partial charge in [-0.2, -0.15) is 5.10 Å². The summed E-state index contributed by atoms with van der Waals surface area (Å²) in [4.78, 5) is 19.3. The van der Waals surface area contributed by atoms with E-state index in [2.05, 4.69) is 20.2 Å². The molecular weight excluding hydrogens is 228 g/mol. The Morgan fingerprint density at radius 3 is 2.88 bits per heavy atom. The van der Waals surface area contributed by atoms with Crippen molar-refractivity contribution in [3.8, 4) is 10.8 Å². The average Bonchev–Trinajstić information content (AvgIpc) is 2.88. The second-order valence-corrected chi connectivity index (χ2v) is 4.66. The lowest BCUT2D eigenvalue weighted by Gasteiger charge is -2.15. The fourth-order valence-electron chi connectivity index (χ4n) is 1.09. The molecule has 16 heavy (non-hydrogen) atoms. The predicted molar refractivity (Wildman–Crippen MR) is 58.2 cm³/mol. The maximum absolute atomic E-state index is 11.0. The number of nitrogens with one attached hydrogen (secondary N) is 1. The molecule has 2 aromatic rings. The third-order valence-electron chi connectivity index (χ3n) is 2.30. The van der Waals surface area contributed by atoms with Crippen molar-refractivity contribution in [3.63, 3.8) is 0 Å². The van der Waals surface area contributed by atoms with Gasteiger partial charge in [-0.15, -0.1) is 11.3 Å². The molecule has 2 heterocycles. The van der Waals surface area contributed by atoms with E-state index in [4.69, 9.17) is 5.11 Å². The van der Waals surface area contributed by atoms with Gasteiger partial charge < -0.3 is 5.11 Å². The molecule has 0 unspecified atom stereocenters. The molecule has 0 aliphatic carbocycles. The van der Waals surface area contributed by atoms with Crippen molar-refractivity contribution in [2.45, 2.75) is 19.3 Å². The van der Waals surface area contributed by atoms with Crippen LogP contribution in [0.4, 0.5) is 0 Å². The number of hydrogen-bond acceptors (Lipinski definition) is 5. The minimum Gasteiger partial charge on any atom is -0.481 e. The first-order valence-corrected chi connectivity index (χ1v) is 5.45. The SMILES string of the molecule is CC(C)(C(=O)O)c1csc(-c2ncn[nH]2)n1. The molecule has 2 rings (SSSR count). The number of nitrogens with zero attached hydrogens (tertiary/aromatic N) is 3. The number of H-pyrrole nitrogens is 1. The summed E-state index contributed by atoms with van der Waals surface area (Å²) >= 11 is 1.34. The van der Waals surface area contributed by atoms with E-state index in [1.807, 2.05) is 0 Å². The van der Waals surface area contributed by atoms with Gasteiger partial charge in [-0.3, -0.25) is 9.89 Å². The summed E-state index contributed by atoms with van der Waals surface area (Å²) in [6, 6.07) is 0. The van der Waals surface area contributed by atoms with Gasteiger partial charge in [0.1, 0.15) is 11.7 Å². The molecule has 84 valence electrons. The number of aromatic nitrogens is 4. The van der Waals surface area contributed by atoms with Crippen molar-refractivity contribution in [3.05, 3.63) is 17.4 Å². The quantitative estimate of drug-likeness (QED) is 0.840. The molecule has 6 nitrogen and oxygen atoms in total. The Hall–Kier alpha value is -1.76. The van der Waals surface area contributed by atoms with Gasteiger partial charge >= 0.3 is 5.97 Å². The van der Waals surface area contributed by atoms with Gasteiger partial charge in [0.2, 0.25) is 0 Å². The van der Waals surface area contributed by atoms with Crippen LogP contribution in [-0.4, -0.2) is 31.2 Å². The first-order valence-electron chi connectivity index (χ1n) is 4.57. The number of rotatable bonds is 3. The van der Waals surface area contributed by atoms with Crippen molar-refractivity contribution < 1.29 is 9.90 Å². The van der Waals surface area contributed by atoms with Crippen LogP contribution in [0.2, 0.25) is 0 Å². The van der Waals surface area contributed by atoms with E-state index >= 15 is 0 Å². The van der Waals surface area contributed by atoms with E-state index in [0.29, 0.717) is 16.5 Å². The van der Waals surface area contributed by atoms with Crippen molar-refractivity contribution in [2.24, 2.45) is 0 Å². The second-order valence-electron chi connectivity index (χ2n) is 3.80. The molecular formula is C9H10N4O2S. The van der Waals surface area contributed by atoms with Crippen molar-refractivity contribution >= 4 is 17.3 Å². The van der Waals surface area contributed by atoms with Crippen LogP contribution in [0.15, 0.2) is 11.7 Å². The molecule has 0 spiro atoms. The Kier molecular flexibility index (Phi) is 2.47. The van der Waals surface area contributed by atoms with Gasteiger partial charge in [0, 0.05) is 5.38 Å². The summed E-state index contributed by atoms with van der Waals surface area (Å²) in [6.07, 6.45) is 1.39. The molecule has 2 aromatic heterocycles. The largest absolute Gasteiger partial charge is 0.481 e. The van der Waals surface area contributed by atoms with Crippen LogP contribution in [0.1, 0.15) is 19.5 Å². The van der Waals surface area contributed by atoms with E-state index < -0.39 is 11.4 Å². The maximum Gasteiger partial charge on any atom is 0.315 e. The summed E-state index contributed by atoms with van der Waals surface area (Å²) in [5.74, 6) is -0.348. The third kappa shape index (κ3) is 1.69. The van der Waals surface area contributed by atoms with Crippen molar-refractivity contribution in [1.29, 1.82) is 0 Å². The highest BCUT2D eigenvalue weighted by atomic mass is 32.1. The highest BCUT2D eigenvalue weighted by Crippen LogP contribution is 2.28. The summed E-state index contributed by atoms with van der Waals surface area (Å²) in [6.45, 7) is 3.24. The summed E-state index contributed by atoms with van der Waals surface area (Å²) in [5, 5.41) is 17.8. The van der Waals surface area contributed by atoms with E-state index in [9.17, 15) is 4.79 Å². The van der Waals surface area contributed by atoms with Crippen LogP contribution >= 0.6 is 11.3 Å². The molecule has 0 aliphatic rings. The zero-order valence-electron chi connectivity index (χ0n) is 8.76. The van der Waals surface area contributed by atoms with Crippen LogP contribution < -0.4 is 0 Å². The van der Waals surface area contributed by atoms with Crippen molar-refractivity contribution in [1.82, 2.24) is 20.2 Å². The molecule has 0 fully saturated rings. The highest BCUT2D eigenvalue weighted by molar-refractivity contribution is 7.13. The third-order valence-corrected chi connectivity index (χ3v) is 3.15. The molecule has 0 amide bonds. The first-order chi connectivity index (χ1) is 7.51. The van der Waals surface area contributed by atoms with Crippen LogP contribution in [0, 0.1) is 0 Å². The molecule has 2 N–H and O–H groups in total. The Morgan fingerprint density at radius 1 is 1.56 bits per heavy atom.